The lowest BCUT2D eigenvalue weighted by molar-refractivity contribution is -0.148. The number of H-pyrrole nitrogens is 1. The van der Waals surface area contributed by atoms with Crippen molar-refractivity contribution in [2.45, 2.75) is 50.1 Å². The molecule has 0 bridgehead atoms. The number of hydrogen-bond acceptors (Lipinski definition) is 5. The number of alkyl halides is 2. The summed E-state index contributed by atoms with van der Waals surface area (Å²) in [6, 6.07) is 5.29. The fraction of sp³-hybridized carbons (Fsp3) is 0.375. The monoisotopic (exact) mass is 498 g/mol. The van der Waals surface area contributed by atoms with E-state index in [1.165, 1.54) is 30.5 Å². The number of halogens is 3. The zero-order chi connectivity index (χ0) is 25.4. The number of carbonyl (C=O) groups is 3. The minimum atomic E-state index is -3.01. The smallest absolute Gasteiger partial charge is 0.294 e. The Bertz CT molecular complexity index is 1410. The Morgan fingerprint density at radius 3 is 2.53 bits per heavy atom. The zero-order valence-electron chi connectivity index (χ0n) is 19.1. The number of ketones is 1. The van der Waals surface area contributed by atoms with Gasteiger partial charge in [-0.2, -0.15) is 15.4 Å². The predicted molar refractivity (Wildman–Crippen MR) is 119 cm³/mol. The number of carbonyl (C=O) groups excluding carboxylic acids is 3. The third-order valence-electron chi connectivity index (χ3n) is 7.37. The number of amides is 2. The second-order valence-corrected chi connectivity index (χ2v) is 9.84. The van der Waals surface area contributed by atoms with E-state index in [4.69, 9.17) is 0 Å². The molecule has 2 saturated carbocycles. The van der Waals surface area contributed by atoms with E-state index in [1.807, 2.05) is 0 Å². The first-order chi connectivity index (χ1) is 17.1. The number of nitrogens with one attached hydrogen (secondary N) is 3. The van der Waals surface area contributed by atoms with Gasteiger partial charge in [-0.3, -0.25) is 14.4 Å². The van der Waals surface area contributed by atoms with Gasteiger partial charge in [0.25, 0.3) is 23.5 Å². The zero-order valence-corrected chi connectivity index (χ0v) is 19.1. The highest BCUT2D eigenvalue weighted by Gasteiger charge is 2.60. The molecule has 12 heteroatoms. The summed E-state index contributed by atoms with van der Waals surface area (Å²) < 4.78 is 42.6. The van der Waals surface area contributed by atoms with Crippen molar-refractivity contribution in [3.63, 3.8) is 0 Å². The van der Waals surface area contributed by atoms with Gasteiger partial charge < -0.3 is 15.2 Å². The van der Waals surface area contributed by atoms with Gasteiger partial charge in [0, 0.05) is 36.7 Å². The van der Waals surface area contributed by atoms with Crippen molar-refractivity contribution in [3.05, 3.63) is 64.5 Å². The SMILES string of the molecule is Cc1c(C(=O)Nc2ccc(F)cc2)c2n(c1C(=O)C(=O)NC1(c3cn[nH]n3)CC(F)(F)C1)C[C@@H]1C[C@H]21. The average molecular weight is 498 g/mol. The van der Waals surface area contributed by atoms with Crippen LogP contribution in [0, 0.1) is 18.7 Å². The van der Waals surface area contributed by atoms with Crippen molar-refractivity contribution in [1.82, 2.24) is 25.3 Å². The van der Waals surface area contributed by atoms with Crippen LogP contribution in [0.4, 0.5) is 18.9 Å². The summed E-state index contributed by atoms with van der Waals surface area (Å²) in [4.78, 5) is 39.7. The van der Waals surface area contributed by atoms with E-state index in [0.717, 1.165) is 6.42 Å². The maximum absolute atomic E-state index is 13.8. The molecule has 3 N–H and O–H groups in total. The molecule has 0 spiro atoms. The Morgan fingerprint density at radius 1 is 1.17 bits per heavy atom. The maximum atomic E-state index is 13.8. The molecule has 9 nitrogen and oxygen atoms in total. The molecule has 6 rings (SSSR count). The highest BCUT2D eigenvalue weighted by molar-refractivity contribution is 6.43. The Morgan fingerprint density at radius 2 is 1.89 bits per heavy atom. The second kappa shape index (κ2) is 7.52. The Labute approximate surface area is 202 Å². The summed E-state index contributed by atoms with van der Waals surface area (Å²) in [5.41, 5.74) is 0.397. The molecule has 2 atom stereocenters. The highest BCUT2D eigenvalue weighted by Crippen LogP contribution is 2.56. The van der Waals surface area contributed by atoms with E-state index < -0.39 is 47.7 Å². The standard InChI is InChI=1S/C24H21F3N6O3/c1-11-17(21(35)29-14-4-2-13(25)3-5-14)19-15-6-12(15)8-33(19)18(11)20(34)22(36)30-23(9-24(26,27)10-23)16-7-28-32-31-16/h2-5,7,12,15H,6,8-10H2,1H3,(H,29,35)(H,30,36)(H,28,31,32)/t12-,15-/m0/s1. The molecule has 2 aliphatic carbocycles. The average Bonchev–Trinajstić information content (AvgIpc) is 3.14. The Kier molecular flexibility index (Phi) is 4.70. The fourth-order valence-electron chi connectivity index (χ4n) is 5.65. The Hall–Kier alpha value is -3.96. The van der Waals surface area contributed by atoms with Gasteiger partial charge in [-0.1, -0.05) is 0 Å². The van der Waals surface area contributed by atoms with Crippen LogP contribution < -0.4 is 10.6 Å². The molecule has 0 unspecified atom stereocenters. The van der Waals surface area contributed by atoms with E-state index in [1.54, 1.807) is 11.5 Å². The van der Waals surface area contributed by atoms with E-state index >= 15 is 0 Å². The molecule has 2 amide bonds. The van der Waals surface area contributed by atoms with Gasteiger partial charge in [0.15, 0.2) is 0 Å². The molecule has 186 valence electrons. The third kappa shape index (κ3) is 3.42. The lowest BCUT2D eigenvalue weighted by atomic mass is 9.71. The molecule has 1 aromatic carbocycles. The van der Waals surface area contributed by atoms with Crippen LogP contribution in [0.25, 0.3) is 0 Å². The number of anilines is 1. The molecule has 0 radical (unpaired) electrons. The molecular formula is C24H21F3N6O3. The van der Waals surface area contributed by atoms with Crippen LogP contribution in [0.5, 0.6) is 0 Å². The van der Waals surface area contributed by atoms with Crippen LogP contribution in [-0.2, 0) is 16.9 Å². The van der Waals surface area contributed by atoms with Crippen molar-refractivity contribution >= 4 is 23.3 Å². The molecule has 3 aromatic rings. The van der Waals surface area contributed by atoms with Crippen LogP contribution >= 0.6 is 0 Å². The van der Waals surface area contributed by atoms with E-state index in [0.29, 0.717) is 29.1 Å². The normalized spacial score (nSPS) is 22.2. The highest BCUT2D eigenvalue weighted by atomic mass is 19.3. The lowest BCUT2D eigenvalue weighted by Crippen LogP contribution is -2.61. The van der Waals surface area contributed by atoms with Crippen molar-refractivity contribution in [2.24, 2.45) is 5.92 Å². The van der Waals surface area contributed by atoms with Gasteiger partial charge in [-0.25, -0.2) is 13.2 Å². The number of aromatic nitrogens is 4. The molecular weight excluding hydrogens is 477 g/mol. The Balaban J connectivity index is 1.31. The summed E-state index contributed by atoms with van der Waals surface area (Å²) in [7, 11) is 0. The van der Waals surface area contributed by atoms with Crippen LogP contribution in [0.15, 0.2) is 30.5 Å². The number of hydrogen-bond donors (Lipinski definition) is 3. The van der Waals surface area contributed by atoms with Gasteiger partial charge >= 0.3 is 0 Å². The van der Waals surface area contributed by atoms with E-state index in [9.17, 15) is 27.6 Å². The van der Waals surface area contributed by atoms with Gasteiger partial charge in [-0.15, -0.1) is 0 Å². The number of rotatable bonds is 6. The summed E-state index contributed by atoms with van der Waals surface area (Å²) in [6.07, 6.45) is 0.717. The van der Waals surface area contributed by atoms with Crippen LogP contribution in [0.1, 0.15) is 63.0 Å². The largest absolute Gasteiger partial charge is 0.340 e. The first kappa shape index (κ1) is 22.5. The van der Waals surface area contributed by atoms with Gasteiger partial charge in [0.05, 0.1) is 23.0 Å². The topological polar surface area (TPSA) is 122 Å². The van der Waals surface area contributed by atoms with Crippen LogP contribution in [-0.4, -0.2) is 43.5 Å². The van der Waals surface area contributed by atoms with Crippen molar-refractivity contribution < 1.29 is 27.6 Å². The molecule has 1 aliphatic heterocycles. The van der Waals surface area contributed by atoms with E-state index in [-0.39, 0.29) is 23.2 Å². The van der Waals surface area contributed by atoms with Crippen molar-refractivity contribution in [3.8, 4) is 0 Å². The third-order valence-corrected chi connectivity index (χ3v) is 7.37. The predicted octanol–water partition coefficient (Wildman–Crippen LogP) is 3.05. The number of nitrogens with zero attached hydrogens (tertiary/aromatic N) is 3. The molecule has 3 heterocycles. The molecule has 0 saturated heterocycles. The van der Waals surface area contributed by atoms with Crippen LogP contribution in [0.3, 0.4) is 0 Å². The number of aromatic amines is 1. The first-order valence-electron chi connectivity index (χ1n) is 11.5. The fourth-order valence-corrected chi connectivity index (χ4v) is 5.65. The molecule has 36 heavy (non-hydrogen) atoms. The van der Waals surface area contributed by atoms with Gasteiger partial charge in [-0.05, 0) is 49.1 Å². The van der Waals surface area contributed by atoms with Gasteiger partial charge in [0.2, 0.25) is 0 Å². The minimum absolute atomic E-state index is 0.0698. The number of fused-ring (bicyclic) bond motifs is 3. The second-order valence-electron chi connectivity index (χ2n) is 9.84. The quantitative estimate of drug-likeness (QED) is 0.356. The maximum Gasteiger partial charge on any atom is 0.294 e. The number of benzene rings is 1. The van der Waals surface area contributed by atoms with E-state index in [2.05, 4.69) is 26.0 Å². The van der Waals surface area contributed by atoms with Crippen molar-refractivity contribution in [2.75, 3.05) is 5.32 Å². The van der Waals surface area contributed by atoms with Crippen molar-refractivity contribution in [1.29, 1.82) is 0 Å². The minimum Gasteiger partial charge on any atom is -0.340 e. The molecule has 3 aliphatic rings. The molecule has 2 aromatic heterocycles. The summed E-state index contributed by atoms with van der Waals surface area (Å²) in [5, 5.41) is 15.0. The summed E-state index contributed by atoms with van der Waals surface area (Å²) in [5.74, 6) is -5.49. The number of Topliss-reactive ketones (excluding diaryl/α,β-unsaturated/α-hetero) is 1. The first-order valence-corrected chi connectivity index (χ1v) is 11.5. The molecule has 2 fully saturated rings. The summed E-state index contributed by atoms with van der Waals surface area (Å²) in [6.45, 7) is 2.08. The van der Waals surface area contributed by atoms with Gasteiger partial charge in [0.1, 0.15) is 11.5 Å². The van der Waals surface area contributed by atoms with Crippen LogP contribution in [0.2, 0.25) is 0 Å². The summed E-state index contributed by atoms with van der Waals surface area (Å²) >= 11 is 0. The lowest BCUT2D eigenvalue weighted by Gasteiger charge is -2.46.